The molecule has 0 aliphatic heterocycles. The van der Waals surface area contributed by atoms with Gasteiger partial charge in [0.25, 0.3) is 10.0 Å². The molecule has 6 heteroatoms. The molecule has 0 unspecified atom stereocenters. The van der Waals surface area contributed by atoms with Crippen LogP contribution in [0.15, 0.2) is 47.4 Å². The molecule has 2 rings (SSSR count). The Balaban J connectivity index is 2.51. The molecule has 2 aromatic carbocycles. The lowest BCUT2D eigenvalue weighted by atomic mass is 10.2. The number of benzene rings is 2. The predicted molar refractivity (Wildman–Crippen MR) is 77.7 cm³/mol. The maximum atomic E-state index is 13.1. The van der Waals surface area contributed by atoms with Gasteiger partial charge in [-0.25, -0.2) is 17.2 Å². The highest BCUT2D eigenvalue weighted by Gasteiger charge is 2.25. The molecule has 0 bridgehead atoms. The van der Waals surface area contributed by atoms with Crippen LogP contribution in [0.3, 0.4) is 0 Å². The van der Waals surface area contributed by atoms with Gasteiger partial charge in [0.15, 0.2) is 0 Å². The first-order valence-electron chi connectivity index (χ1n) is 6.40. The Bertz CT molecular complexity index is 743. The van der Waals surface area contributed by atoms with Gasteiger partial charge in [-0.05, 0) is 61.9 Å². The number of hydrogen-bond donors (Lipinski definition) is 0. The van der Waals surface area contributed by atoms with E-state index in [-0.39, 0.29) is 11.4 Å². The highest BCUT2D eigenvalue weighted by Crippen LogP contribution is 2.26. The Labute approximate surface area is 122 Å². The second-order valence-corrected chi connectivity index (χ2v) is 6.39. The third-order valence-corrected chi connectivity index (χ3v) is 5.17. The van der Waals surface area contributed by atoms with E-state index in [4.69, 9.17) is 0 Å². The molecular weight excluding hydrogens is 296 g/mol. The third-order valence-electron chi connectivity index (χ3n) is 3.11. The van der Waals surface area contributed by atoms with Crippen molar-refractivity contribution in [3.05, 3.63) is 59.7 Å². The van der Waals surface area contributed by atoms with Crippen LogP contribution in [0.25, 0.3) is 0 Å². The van der Waals surface area contributed by atoms with Crippen LogP contribution >= 0.6 is 0 Å². The van der Waals surface area contributed by atoms with Gasteiger partial charge in [0.1, 0.15) is 11.6 Å². The van der Waals surface area contributed by atoms with Crippen molar-refractivity contribution in [1.82, 2.24) is 0 Å². The minimum absolute atomic E-state index is 0.0371. The SMILES string of the molecule is CCN(c1ccc(F)cc1)S(=O)(=O)c1ccc(F)cc1C. The molecule has 0 saturated carbocycles. The monoisotopic (exact) mass is 311 g/mol. The maximum absolute atomic E-state index is 13.1. The maximum Gasteiger partial charge on any atom is 0.264 e. The summed E-state index contributed by atoms with van der Waals surface area (Å²) in [6.07, 6.45) is 0. The zero-order valence-electron chi connectivity index (χ0n) is 11.7. The largest absolute Gasteiger partial charge is 0.267 e. The molecule has 2 aromatic rings. The lowest BCUT2D eigenvalue weighted by Gasteiger charge is -2.23. The van der Waals surface area contributed by atoms with Crippen molar-refractivity contribution in [2.24, 2.45) is 0 Å². The van der Waals surface area contributed by atoms with Crippen molar-refractivity contribution >= 4 is 15.7 Å². The minimum atomic E-state index is -3.82. The van der Waals surface area contributed by atoms with Crippen molar-refractivity contribution in [1.29, 1.82) is 0 Å². The molecule has 0 radical (unpaired) electrons. The van der Waals surface area contributed by atoms with Crippen molar-refractivity contribution in [3.63, 3.8) is 0 Å². The summed E-state index contributed by atoms with van der Waals surface area (Å²) in [7, 11) is -3.82. The van der Waals surface area contributed by atoms with Crippen LogP contribution in [-0.4, -0.2) is 15.0 Å². The van der Waals surface area contributed by atoms with Crippen LogP contribution in [0.2, 0.25) is 0 Å². The van der Waals surface area contributed by atoms with Crippen molar-refractivity contribution in [2.75, 3.05) is 10.8 Å². The van der Waals surface area contributed by atoms with E-state index >= 15 is 0 Å². The van der Waals surface area contributed by atoms with Crippen LogP contribution in [-0.2, 0) is 10.0 Å². The van der Waals surface area contributed by atoms with Crippen LogP contribution in [0.5, 0.6) is 0 Å². The van der Waals surface area contributed by atoms with E-state index in [1.165, 1.54) is 43.3 Å². The number of nitrogens with zero attached hydrogens (tertiary/aromatic N) is 1. The molecule has 0 fully saturated rings. The standard InChI is InChI=1S/C15H15F2NO2S/c1-3-18(14-7-4-12(16)5-8-14)21(19,20)15-9-6-13(17)10-11(15)2/h4-10H,3H2,1-2H3. The highest BCUT2D eigenvalue weighted by molar-refractivity contribution is 7.92. The van der Waals surface area contributed by atoms with Crippen molar-refractivity contribution in [3.8, 4) is 0 Å². The first-order valence-corrected chi connectivity index (χ1v) is 7.84. The summed E-state index contributed by atoms with van der Waals surface area (Å²) in [5.41, 5.74) is 0.693. The molecule has 21 heavy (non-hydrogen) atoms. The Morgan fingerprint density at radius 3 is 2.10 bits per heavy atom. The van der Waals surface area contributed by atoms with E-state index in [1.807, 2.05) is 0 Å². The average molecular weight is 311 g/mol. The van der Waals surface area contributed by atoms with Crippen LogP contribution in [0.4, 0.5) is 14.5 Å². The van der Waals surface area contributed by atoms with Gasteiger partial charge in [-0.3, -0.25) is 4.31 Å². The third kappa shape index (κ3) is 3.05. The lowest BCUT2D eigenvalue weighted by molar-refractivity contribution is 0.589. The van der Waals surface area contributed by atoms with Gasteiger partial charge in [0.05, 0.1) is 10.6 Å². The number of rotatable bonds is 4. The van der Waals surface area contributed by atoms with E-state index in [0.717, 1.165) is 10.4 Å². The number of halogens is 2. The second kappa shape index (κ2) is 5.81. The van der Waals surface area contributed by atoms with Gasteiger partial charge < -0.3 is 0 Å². The summed E-state index contributed by atoms with van der Waals surface area (Å²) in [4.78, 5) is 0.0371. The summed E-state index contributed by atoms with van der Waals surface area (Å²) in [5, 5.41) is 0. The first kappa shape index (κ1) is 15.4. The smallest absolute Gasteiger partial charge is 0.264 e. The summed E-state index contributed by atoms with van der Waals surface area (Å²) in [6.45, 7) is 3.40. The summed E-state index contributed by atoms with van der Waals surface area (Å²) in [6, 6.07) is 8.72. The Morgan fingerprint density at radius 1 is 1.00 bits per heavy atom. The van der Waals surface area contributed by atoms with E-state index in [2.05, 4.69) is 0 Å². The summed E-state index contributed by atoms with van der Waals surface area (Å²) >= 11 is 0. The number of aryl methyl sites for hydroxylation is 1. The van der Waals surface area contributed by atoms with Gasteiger partial charge >= 0.3 is 0 Å². The van der Waals surface area contributed by atoms with Gasteiger partial charge in [-0.1, -0.05) is 0 Å². The number of sulfonamides is 1. The zero-order chi connectivity index (χ0) is 15.6. The highest BCUT2D eigenvalue weighted by atomic mass is 32.2. The quantitative estimate of drug-likeness (QED) is 0.867. The molecule has 0 aromatic heterocycles. The fraction of sp³-hybridized carbons (Fsp3) is 0.200. The van der Waals surface area contributed by atoms with Crippen LogP contribution in [0.1, 0.15) is 12.5 Å². The van der Waals surface area contributed by atoms with Crippen molar-refractivity contribution in [2.45, 2.75) is 18.7 Å². The van der Waals surface area contributed by atoms with E-state index in [9.17, 15) is 17.2 Å². The molecule has 0 aliphatic carbocycles. The average Bonchev–Trinajstić information content (AvgIpc) is 2.41. The van der Waals surface area contributed by atoms with E-state index in [0.29, 0.717) is 11.3 Å². The molecule has 3 nitrogen and oxygen atoms in total. The fourth-order valence-corrected chi connectivity index (χ4v) is 3.80. The van der Waals surface area contributed by atoms with Gasteiger partial charge in [0, 0.05) is 6.54 Å². The van der Waals surface area contributed by atoms with Gasteiger partial charge in [0.2, 0.25) is 0 Å². The minimum Gasteiger partial charge on any atom is -0.267 e. The molecular formula is C15H15F2NO2S. The summed E-state index contributed by atoms with van der Waals surface area (Å²) in [5.74, 6) is -0.929. The first-order chi connectivity index (χ1) is 9.86. The second-order valence-electron chi connectivity index (χ2n) is 4.56. The van der Waals surface area contributed by atoms with E-state index in [1.54, 1.807) is 6.92 Å². The molecule has 0 saturated heterocycles. The van der Waals surface area contributed by atoms with Gasteiger partial charge in [-0.2, -0.15) is 0 Å². The Morgan fingerprint density at radius 2 is 1.57 bits per heavy atom. The molecule has 0 atom stereocenters. The lowest BCUT2D eigenvalue weighted by Crippen LogP contribution is -2.31. The Kier molecular flexibility index (Phi) is 4.27. The molecule has 0 aliphatic rings. The molecule has 0 spiro atoms. The molecule has 0 heterocycles. The molecule has 0 N–H and O–H groups in total. The molecule has 0 amide bonds. The van der Waals surface area contributed by atoms with E-state index < -0.39 is 21.7 Å². The Hall–Kier alpha value is -1.95. The van der Waals surface area contributed by atoms with Gasteiger partial charge in [-0.15, -0.1) is 0 Å². The zero-order valence-corrected chi connectivity index (χ0v) is 12.5. The van der Waals surface area contributed by atoms with Crippen LogP contribution in [0, 0.1) is 18.6 Å². The fourth-order valence-electron chi connectivity index (χ4n) is 2.12. The van der Waals surface area contributed by atoms with Crippen LogP contribution < -0.4 is 4.31 Å². The number of anilines is 1. The molecule has 112 valence electrons. The summed E-state index contributed by atoms with van der Waals surface area (Å²) < 4.78 is 52.6. The normalized spacial score (nSPS) is 11.4. The number of hydrogen-bond acceptors (Lipinski definition) is 2. The topological polar surface area (TPSA) is 37.4 Å². The van der Waals surface area contributed by atoms with Crippen molar-refractivity contribution < 1.29 is 17.2 Å². The predicted octanol–water partition coefficient (Wildman–Crippen LogP) is 3.49.